The number of anilines is 1. The quantitative estimate of drug-likeness (QED) is 0.780. The minimum absolute atomic E-state index is 0.0992. The number of nitrogens with two attached hydrogens (primary N) is 1. The number of amides is 1. The number of nitrogens with zero attached hydrogens (tertiary/aromatic N) is 1. The summed E-state index contributed by atoms with van der Waals surface area (Å²) in [6.07, 6.45) is 4.74. The van der Waals surface area contributed by atoms with Crippen LogP contribution in [-0.4, -0.2) is 28.1 Å². The van der Waals surface area contributed by atoms with E-state index in [1.165, 1.54) is 0 Å². The van der Waals surface area contributed by atoms with Crippen molar-refractivity contribution < 1.29 is 9.90 Å². The SMILES string of the molecule is CCCc1cc(C(=O)NC2CCC(O)CC2)cc(N)n1. The standard InChI is InChI=1S/C15H23N3O2/c1-2-3-12-8-10(9-14(16)17-12)15(20)18-11-4-6-13(19)7-5-11/h8-9,11,13,19H,2-7H2,1H3,(H2,16,17)(H,18,20). The molecule has 1 aromatic rings. The third kappa shape index (κ3) is 3.93. The van der Waals surface area contributed by atoms with Gasteiger partial charge in [-0.2, -0.15) is 0 Å². The van der Waals surface area contributed by atoms with Gasteiger partial charge in [0.05, 0.1) is 6.10 Å². The number of nitrogen functional groups attached to an aromatic ring is 1. The average molecular weight is 277 g/mol. The zero-order valence-electron chi connectivity index (χ0n) is 11.9. The number of nitrogens with one attached hydrogen (secondary N) is 1. The molecule has 0 aliphatic heterocycles. The van der Waals surface area contributed by atoms with E-state index in [4.69, 9.17) is 5.73 Å². The first kappa shape index (κ1) is 14.8. The molecule has 1 fully saturated rings. The van der Waals surface area contributed by atoms with E-state index in [0.717, 1.165) is 44.2 Å². The van der Waals surface area contributed by atoms with Crippen molar-refractivity contribution >= 4 is 11.7 Å². The van der Waals surface area contributed by atoms with Crippen LogP contribution in [0.5, 0.6) is 0 Å². The number of aryl methyl sites for hydroxylation is 1. The molecule has 0 atom stereocenters. The number of hydrogen-bond donors (Lipinski definition) is 3. The molecule has 0 spiro atoms. The predicted molar refractivity (Wildman–Crippen MR) is 78.4 cm³/mol. The summed E-state index contributed by atoms with van der Waals surface area (Å²) in [5.41, 5.74) is 7.19. The van der Waals surface area contributed by atoms with Crippen molar-refractivity contribution in [2.75, 3.05) is 5.73 Å². The molecule has 1 saturated carbocycles. The normalized spacial score (nSPS) is 22.5. The van der Waals surface area contributed by atoms with Crippen LogP contribution < -0.4 is 11.1 Å². The Morgan fingerprint density at radius 3 is 2.75 bits per heavy atom. The number of aliphatic hydroxyl groups is 1. The lowest BCUT2D eigenvalue weighted by Gasteiger charge is -2.26. The lowest BCUT2D eigenvalue weighted by atomic mass is 9.93. The number of aromatic nitrogens is 1. The number of pyridine rings is 1. The van der Waals surface area contributed by atoms with E-state index in [0.29, 0.717) is 11.4 Å². The molecule has 0 saturated heterocycles. The van der Waals surface area contributed by atoms with Gasteiger partial charge in [0, 0.05) is 17.3 Å². The van der Waals surface area contributed by atoms with Crippen molar-refractivity contribution in [2.45, 2.75) is 57.6 Å². The highest BCUT2D eigenvalue weighted by molar-refractivity contribution is 5.95. The summed E-state index contributed by atoms with van der Waals surface area (Å²) < 4.78 is 0. The largest absolute Gasteiger partial charge is 0.393 e. The molecule has 2 rings (SSSR count). The third-order valence-electron chi connectivity index (χ3n) is 3.70. The van der Waals surface area contributed by atoms with Gasteiger partial charge in [-0.1, -0.05) is 13.3 Å². The van der Waals surface area contributed by atoms with E-state index >= 15 is 0 Å². The highest BCUT2D eigenvalue weighted by Crippen LogP contribution is 2.19. The number of aliphatic hydroxyl groups excluding tert-OH is 1. The Balaban J connectivity index is 2.01. The van der Waals surface area contributed by atoms with Gasteiger partial charge in [-0.3, -0.25) is 4.79 Å². The second kappa shape index (κ2) is 6.70. The van der Waals surface area contributed by atoms with Crippen molar-refractivity contribution in [1.82, 2.24) is 10.3 Å². The fourth-order valence-corrected chi connectivity index (χ4v) is 2.62. The lowest BCUT2D eigenvalue weighted by Crippen LogP contribution is -2.38. The Kier molecular flexibility index (Phi) is 4.95. The van der Waals surface area contributed by atoms with Gasteiger partial charge in [-0.05, 0) is 44.2 Å². The van der Waals surface area contributed by atoms with E-state index in [1.54, 1.807) is 6.07 Å². The van der Waals surface area contributed by atoms with Gasteiger partial charge in [0.1, 0.15) is 5.82 Å². The lowest BCUT2D eigenvalue weighted by molar-refractivity contribution is 0.0867. The van der Waals surface area contributed by atoms with Crippen molar-refractivity contribution in [1.29, 1.82) is 0 Å². The third-order valence-corrected chi connectivity index (χ3v) is 3.70. The van der Waals surface area contributed by atoms with E-state index in [9.17, 15) is 9.90 Å². The van der Waals surface area contributed by atoms with Crippen LogP contribution in [0.2, 0.25) is 0 Å². The molecule has 1 aliphatic carbocycles. The molecule has 5 nitrogen and oxygen atoms in total. The van der Waals surface area contributed by atoms with Crippen LogP contribution in [0.1, 0.15) is 55.1 Å². The van der Waals surface area contributed by atoms with Gasteiger partial charge in [-0.15, -0.1) is 0 Å². The zero-order valence-corrected chi connectivity index (χ0v) is 11.9. The summed E-state index contributed by atoms with van der Waals surface area (Å²) in [7, 11) is 0. The Hall–Kier alpha value is -1.62. The number of carbonyl (C=O) groups is 1. The van der Waals surface area contributed by atoms with Crippen LogP contribution in [0.15, 0.2) is 12.1 Å². The van der Waals surface area contributed by atoms with Crippen LogP contribution >= 0.6 is 0 Å². The zero-order chi connectivity index (χ0) is 14.5. The van der Waals surface area contributed by atoms with Gasteiger partial charge < -0.3 is 16.2 Å². The summed E-state index contributed by atoms with van der Waals surface area (Å²) in [4.78, 5) is 16.5. The van der Waals surface area contributed by atoms with Crippen LogP contribution in [0, 0.1) is 0 Å². The number of hydrogen-bond acceptors (Lipinski definition) is 4. The highest BCUT2D eigenvalue weighted by atomic mass is 16.3. The highest BCUT2D eigenvalue weighted by Gasteiger charge is 2.21. The summed E-state index contributed by atoms with van der Waals surface area (Å²) in [6, 6.07) is 3.58. The molecule has 0 radical (unpaired) electrons. The van der Waals surface area contributed by atoms with Crippen molar-refractivity contribution in [3.8, 4) is 0 Å². The summed E-state index contributed by atoms with van der Waals surface area (Å²) >= 11 is 0. The molecular formula is C15H23N3O2. The van der Waals surface area contributed by atoms with Crippen LogP contribution in [0.25, 0.3) is 0 Å². The maximum Gasteiger partial charge on any atom is 0.251 e. The Morgan fingerprint density at radius 1 is 1.40 bits per heavy atom. The topological polar surface area (TPSA) is 88.2 Å². The molecule has 110 valence electrons. The number of rotatable bonds is 4. The van der Waals surface area contributed by atoms with Crippen LogP contribution in [0.3, 0.4) is 0 Å². The first-order valence-electron chi connectivity index (χ1n) is 7.34. The van der Waals surface area contributed by atoms with E-state index in [1.807, 2.05) is 6.07 Å². The molecular weight excluding hydrogens is 254 g/mol. The predicted octanol–water partition coefficient (Wildman–Crippen LogP) is 1.65. The van der Waals surface area contributed by atoms with Gasteiger partial charge in [0.15, 0.2) is 0 Å². The Bertz CT molecular complexity index is 468. The average Bonchev–Trinajstić information content (AvgIpc) is 2.41. The van der Waals surface area contributed by atoms with E-state index in [-0.39, 0.29) is 18.1 Å². The first-order chi connectivity index (χ1) is 9.58. The molecule has 0 unspecified atom stereocenters. The number of carbonyl (C=O) groups excluding carboxylic acids is 1. The molecule has 4 N–H and O–H groups in total. The van der Waals surface area contributed by atoms with Gasteiger partial charge >= 0.3 is 0 Å². The van der Waals surface area contributed by atoms with Crippen LogP contribution in [0.4, 0.5) is 5.82 Å². The van der Waals surface area contributed by atoms with Gasteiger partial charge in [-0.25, -0.2) is 4.98 Å². The second-order valence-electron chi connectivity index (χ2n) is 5.50. The molecule has 5 heteroatoms. The maximum absolute atomic E-state index is 12.2. The summed E-state index contributed by atoms with van der Waals surface area (Å²) in [5, 5.41) is 12.5. The van der Waals surface area contributed by atoms with E-state index in [2.05, 4.69) is 17.2 Å². The maximum atomic E-state index is 12.2. The van der Waals surface area contributed by atoms with Gasteiger partial charge in [0.2, 0.25) is 0 Å². The fourth-order valence-electron chi connectivity index (χ4n) is 2.62. The van der Waals surface area contributed by atoms with Crippen molar-refractivity contribution in [3.63, 3.8) is 0 Å². The fraction of sp³-hybridized carbons (Fsp3) is 0.600. The molecule has 1 amide bonds. The Labute approximate surface area is 119 Å². The molecule has 20 heavy (non-hydrogen) atoms. The molecule has 0 bridgehead atoms. The molecule has 0 aromatic carbocycles. The molecule has 1 aromatic heterocycles. The molecule has 1 aliphatic rings. The van der Waals surface area contributed by atoms with Crippen LogP contribution in [-0.2, 0) is 6.42 Å². The Morgan fingerprint density at radius 2 is 2.10 bits per heavy atom. The van der Waals surface area contributed by atoms with Gasteiger partial charge in [0.25, 0.3) is 5.91 Å². The monoisotopic (exact) mass is 277 g/mol. The summed E-state index contributed by atoms with van der Waals surface area (Å²) in [5.74, 6) is 0.290. The second-order valence-corrected chi connectivity index (χ2v) is 5.50. The van der Waals surface area contributed by atoms with E-state index < -0.39 is 0 Å². The minimum atomic E-state index is -0.212. The van der Waals surface area contributed by atoms with Crippen molar-refractivity contribution in [3.05, 3.63) is 23.4 Å². The minimum Gasteiger partial charge on any atom is -0.393 e. The smallest absolute Gasteiger partial charge is 0.251 e. The summed E-state index contributed by atoms with van der Waals surface area (Å²) in [6.45, 7) is 2.07. The van der Waals surface area contributed by atoms with Crippen molar-refractivity contribution in [2.24, 2.45) is 0 Å². The molecule has 1 heterocycles. The first-order valence-corrected chi connectivity index (χ1v) is 7.34.